The first-order valence-corrected chi connectivity index (χ1v) is 18.9. The molecule has 0 unspecified atom stereocenters. The van der Waals surface area contributed by atoms with Gasteiger partial charge in [-0.05, 0) is 52.4 Å². The molecule has 0 saturated carbocycles. The van der Waals surface area contributed by atoms with E-state index in [4.69, 9.17) is 9.40 Å². The van der Waals surface area contributed by atoms with Gasteiger partial charge in [0.2, 0.25) is 0 Å². The van der Waals surface area contributed by atoms with E-state index < -0.39 is 8.07 Å². The number of rotatable bonds is 3. The molecule has 6 rings (SSSR count). The summed E-state index contributed by atoms with van der Waals surface area (Å²) in [5, 5.41) is 3.63. The van der Waals surface area contributed by atoms with Gasteiger partial charge in [-0.2, -0.15) is 0 Å². The number of nitrogens with zero attached hydrogens (tertiary/aromatic N) is 2. The summed E-state index contributed by atoms with van der Waals surface area (Å²) in [7, 11) is -1.55. The number of hydrogen-bond acceptors (Lipinski definition) is 3. The molecule has 3 aromatic carbocycles. The molecule has 0 atom stereocenters. The summed E-state index contributed by atoms with van der Waals surface area (Å²) in [5.41, 5.74) is 9.75. The van der Waals surface area contributed by atoms with Gasteiger partial charge in [0, 0.05) is 37.9 Å². The van der Waals surface area contributed by atoms with Crippen molar-refractivity contribution in [3.05, 3.63) is 114 Å². The van der Waals surface area contributed by atoms with E-state index in [-0.39, 0.29) is 30.9 Å². The molecular weight excluding hydrogens is 745 g/mol. The fraction of sp³-hybridized carbons (Fsp3) is 0.300. The quantitative estimate of drug-likeness (QED) is 0.132. The smallest absolute Gasteiger partial charge is 0.120 e. The summed E-state index contributed by atoms with van der Waals surface area (Å²) in [6.07, 6.45) is 3.79. The van der Waals surface area contributed by atoms with E-state index in [1.807, 2.05) is 37.5 Å². The van der Waals surface area contributed by atoms with Crippen molar-refractivity contribution in [3.63, 3.8) is 0 Å². The standard InChI is InChI=1S/C24H26NOSi.C16H18N.Ir/c1-24(2,3)16-11-12-25-21(13-16)20-15-17(27(4,5)6)14-19-18-9-7-8-10-22(18)26-23(19)20;1-12-5-10-15(17-11-12)13-6-8-14(9-7-13)16(2,3)4;/h7-14H,1-6H3;5-6,8-11H,1-4H3;/q2*-1;. The topological polar surface area (TPSA) is 38.9 Å². The number of para-hydroxylation sites is 1. The number of aryl methyl sites for hydroxylation is 1. The molecule has 0 bridgehead atoms. The van der Waals surface area contributed by atoms with Crippen molar-refractivity contribution in [2.45, 2.75) is 78.9 Å². The molecule has 5 heteroatoms. The van der Waals surface area contributed by atoms with E-state index in [9.17, 15) is 0 Å². The molecule has 235 valence electrons. The predicted molar refractivity (Wildman–Crippen MR) is 189 cm³/mol. The van der Waals surface area contributed by atoms with Gasteiger partial charge in [0.05, 0.1) is 13.7 Å². The molecule has 3 heterocycles. The van der Waals surface area contributed by atoms with E-state index in [1.165, 1.54) is 27.3 Å². The summed E-state index contributed by atoms with van der Waals surface area (Å²) in [6.45, 7) is 22.4. The third-order valence-corrected chi connectivity index (χ3v) is 9.85. The van der Waals surface area contributed by atoms with Gasteiger partial charge in [-0.25, -0.2) is 0 Å². The van der Waals surface area contributed by atoms with Gasteiger partial charge < -0.3 is 14.4 Å². The maximum Gasteiger partial charge on any atom is 0.120 e. The first-order valence-electron chi connectivity index (χ1n) is 15.4. The molecule has 0 fully saturated rings. The maximum atomic E-state index is 6.28. The van der Waals surface area contributed by atoms with Crippen LogP contribution in [-0.2, 0) is 30.9 Å². The largest absolute Gasteiger partial charge is 0.501 e. The van der Waals surface area contributed by atoms with E-state index in [2.05, 4.69) is 133 Å². The van der Waals surface area contributed by atoms with Crippen LogP contribution in [0.4, 0.5) is 0 Å². The Labute approximate surface area is 283 Å². The second-order valence-corrected chi connectivity index (χ2v) is 19.8. The van der Waals surface area contributed by atoms with Crippen molar-refractivity contribution in [1.82, 2.24) is 9.97 Å². The van der Waals surface area contributed by atoms with Gasteiger partial charge in [-0.1, -0.05) is 109 Å². The zero-order valence-corrected chi connectivity index (χ0v) is 31.6. The van der Waals surface area contributed by atoms with Crippen molar-refractivity contribution >= 4 is 35.2 Å². The van der Waals surface area contributed by atoms with Crippen LogP contribution in [0.5, 0.6) is 0 Å². The Morgan fingerprint density at radius 3 is 2.04 bits per heavy atom. The monoisotopic (exact) mass is 789 g/mol. The van der Waals surface area contributed by atoms with Crippen LogP contribution in [0.2, 0.25) is 19.6 Å². The summed E-state index contributed by atoms with van der Waals surface area (Å²) in [6, 6.07) is 32.3. The molecule has 0 saturated heterocycles. The number of fused-ring (bicyclic) bond motifs is 3. The second kappa shape index (κ2) is 13.2. The first-order chi connectivity index (χ1) is 20.6. The molecule has 3 aromatic heterocycles. The van der Waals surface area contributed by atoms with Crippen LogP contribution in [0, 0.1) is 19.1 Å². The minimum absolute atomic E-state index is 0. The summed E-state index contributed by atoms with van der Waals surface area (Å²) in [4.78, 5) is 9.10. The van der Waals surface area contributed by atoms with Crippen LogP contribution >= 0.6 is 0 Å². The third-order valence-electron chi connectivity index (χ3n) is 7.97. The van der Waals surface area contributed by atoms with Crippen molar-refractivity contribution in [2.75, 3.05) is 0 Å². The second-order valence-electron chi connectivity index (χ2n) is 14.8. The fourth-order valence-electron chi connectivity index (χ4n) is 5.06. The van der Waals surface area contributed by atoms with Gasteiger partial charge in [0.25, 0.3) is 0 Å². The zero-order chi connectivity index (χ0) is 31.9. The molecule has 0 aliphatic carbocycles. The summed E-state index contributed by atoms with van der Waals surface area (Å²) in [5.74, 6) is 0. The van der Waals surface area contributed by atoms with Crippen LogP contribution in [0.3, 0.4) is 0 Å². The van der Waals surface area contributed by atoms with Crippen molar-refractivity contribution in [1.29, 1.82) is 0 Å². The van der Waals surface area contributed by atoms with E-state index in [0.29, 0.717) is 0 Å². The van der Waals surface area contributed by atoms with Crippen LogP contribution in [-0.4, -0.2) is 18.0 Å². The number of furan rings is 1. The Kier molecular flexibility index (Phi) is 10.1. The zero-order valence-electron chi connectivity index (χ0n) is 28.2. The molecule has 0 aliphatic heterocycles. The van der Waals surface area contributed by atoms with Crippen LogP contribution in [0.25, 0.3) is 44.5 Å². The average Bonchev–Trinajstić information content (AvgIpc) is 3.35. The minimum Gasteiger partial charge on any atom is -0.501 e. The van der Waals surface area contributed by atoms with Crippen LogP contribution in [0.1, 0.15) is 58.2 Å². The van der Waals surface area contributed by atoms with Gasteiger partial charge in [0.15, 0.2) is 0 Å². The van der Waals surface area contributed by atoms with Gasteiger partial charge in [-0.15, -0.1) is 52.7 Å². The Bertz CT molecular complexity index is 1900. The Hall–Kier alpha value is -3.37. The van der Waals surface area contributed by atoms with E-state index in [0.717, 1.165) is 39.1 Å². The molecule has 0 amide bonds. The van der Waals surface area contributed by atoms with Gasteiger partial charge in [0.1, 0.15) is 5.58 Å². The predicted octanol–water partition coefficient (Wildman–Crippen LogP) is 10.4. The molecule has 45 heavy (non-hydrogen) atoms. The molecular formula is C40H44IrN2OSi-2. The minimum atomic E-state index is -1.55. The first kappa shape index (κ1) is 34.5. The SMILES string of the molecule is CC(C)(C)c1ccnc(-c2[c-]c([Si](C)(C)C)cc3c2oc2ccccc23)c1.Cc1ccc(-c2[c-]cc(C(C)(C)C)cc2)nc1.[Ir]. The Morgan fingerprint density at radius 2 is 1.44 bits per heavy atom. The molecule has 0 spiro atoms. The maximum absolute atomic E-state index is 6.28. The van der Waals surface area contributed by atoms with Crippen molar-refractivity contribution in [2.24, 2.45) is 0 Å². The fourth-order valence-corrected chi connectivity index (χ4v) is 6.14. The molecule has 0 aliphatic rings. The molecule has 6 aromatic rings. The van der Waals surface area contributed by atoms with E-state index in [1.54, 1.807) is 0 Å². The Morgan fingerprint density at radius 1 is 0.733 bits per heavy atom. The molecule has 0 N–H and O–H groups in total. The molecule has 1 radical (unpaired) electrons. The van der Waals surface area contributed by atoms with Crippen LogP contribution in [0.15, 0.2) is 89.6 Å². The summed E-state index contributed by atoms with van der Waals surface area (Å²) >= 11 is 0. The van der Waals surface area contributed by atoms with Crippen LogP contribution < -0.4 is 5.19 Å². The Balaban J connectivity index is 0.000000222. The number of aromatic nitrogens is 2. The number of benzene rings is 3. The normalized spacial score (nSPS) is 12.0. The third kappa shape index (κ3) is 7.89. The number of pyridine rings is 2. The summed E-state index contributed by atoms with van der Waals surface area (Å²) < 4.78 is 6.28. The van der Waals surface area contributed by atoms with Gasteiger partial charge >= 0.3 is 0 Å². The van der Waals surface area contributed by atoms with E-state index >= 15 is 0 Å². The van der Waals surface area contributed by atoms with Gasteiger partial charge in [-0.3, -0.25) is 0 Å². The molecule has 3 nitrogen and oxygen atoms in total. The number of hydrogen-bond donors (Lipinski definition) is 0. The van der Waals surface area contributed by atoms with Crippen molar-refractivity contribution in [3.8, 4) is 22.5 Å². The van der Waals surface area contributed by atoms with Crippen molar-refractivity contribution < 1.29 is 24.5 Å². The average molecular weight is 789 g/mol.